The normalized spacial score (nSPS) is 12.9. The molecule has 0 unspecified atom stereocenters. The van der Waals surface area contributed by atoms with Crippen molar-refractivity contribution < 1.29 is 15.0 Å². The fourth-order valence-electron chi connectivity index (χ4n) is 0.917. The highest BCUT2D eigenvalue weighted by Gasteiger charge is 2.24. The summed E-state index contributed by atoms with van der Waals surface area (Å²) in [5.41, 5.74) is -0.0921. The second-order valence-corrected chi connectivity index (χ2v) is 6.95. The lowest BCUT2D eigenvalue weighted by atomic mass is 9.98. The van der Waals surface area contributed by atoms with Gasteiger partial charge in [0, 0.05) is 23.5 Å². The van der Waals surface area contributed by atoms with Crippen molar-refractivity contribution in [3.63, 3.8) is 0 Å². The Morgan fingerprint density at radius 3 is 2.20 bits per heavy atom. The molecule has 90 valence electrons. The summed E-state index contributed by atoms with van der Waals surface area (Å²) in [5.74, 6) is 0.0981. The van der Waals surface area contributed by atoms with Crippen molar-refractivity contribution in [3.05, 3.63) is 0 Å². The van der Waals surface area contributed by atoms with Gasteiger partial charge in [-0.2, -0.15) is 11.8 Å². The predicted molar refractivity (Wildman–Crippen MR) is 64.3 cm³/mol. The van der Waals surface area contributed by atoms with Gasteiger partial charge in [-0.15, -0.1) is 0 Å². The van der Waals surface area contributed by atoms with Gasteiger partial charge in [-0.3, -0.25) is 4.79 Å². The topological polar surface area (TPSA) is 57.5 Å². The lowest BCUT2D eigenvalue weighted by molar-refractivity contribution is -0.137. The molecule has 0 atom stereocenters. The standard InChI is InChI=1S/C11H22O3S/c1-10(2,7-12)8-15-11(3,4)6-5-9(13)14/h12H,5-8H2,1-4H3,(H,13,14). The molecule has 0 aromatic rings. The number of carboxylic acids is 1. The maximum atomic E-state index is 10.5. The van der Waals surface area contributed by atoms with Crippen LogP contribution in [0.2, 0.25) is 0 Å². The van der Waals surface area contributed by atoms with Gasteiger partial charge in [-0.1, -0.05) is 27.7 Å². The van der Waals surface area contributed by atoms with Gasteiger partial charge in [0.1, 0.15) is 0 Å². The van der Waals surface area contributed by atoms with Gasteiger partial charge in [0.05, 0.1) is 0 Å². The van der Waals surface area contributed by atoms with Crippen LogP contribution < -0.4 is 0 Å². The van der Waals surface area contributed by atoms with Crippen molar-refractivity contribution in [1.82, 2.24) is 0 Å². The number of rotatable bonds is 7. The van der Waals surface area contributed by atoms with Crippen LogP contribution in [0.15, 0.2) is 0 Å². The quantitative estimate of drug-likeness (QED) is 0.710. The third-order valence-corrected chi connectivity index (χ3v) is 4.13. The van der Waals surface area contributed by atoms with Crippen LogP contribution in [-0.4, -0.2) is 33.3 Å². The highest BCUT2D eigenvalue weighted by atomic mass is 32.2. The number of aliphatic hydroxyl groups is 1. The number of hydrogen-bond acceptors (Lipinski definition) is 3. The third-order valence-electron chi connectivity index (χ3n) is 2.22. The van der Waals surface area contributed by atoms with E-state index in [1.807, 2.05) is 27.7 Å². The van der Waals surface area contributed by atoms with Crippen LogP contribution in [0.4, 0.5) is 0 Å². The van der Waals surface area contributed by atoms with Crippen molar-refractivity contribution in [2.45, 2.75) is 45.3 Å². The number of hydrogen-bond donors (Lipinski definition) is 2. The highest BCUT2D eigenvalue weighted by molar-refractivity contribution is 8.00. The Hall–Kier alpha value is -0.220. The number of aliphatic hydroxyl groups excluding tert-OH is 1. The van der Waals surface area contributed by atoms with E-state index in [1.54, 1.807) is 11.8 Å². The molecule has 0 aliphatic heterocycles. The summed E-state index contributed by atoms with van der Waals surface area (Å²) in [6.07, 6.45) is 0.869. The van der Waals surface area contributed by atoms with Gasteiger partial charge in [-0.25, -0.2) is 0 Å². The molecule has 0 aromatic heterocycles. The SMILES string of the molecule is CC(C)(CO)CSC(C)(C)CCC(=O)O. The summed E-state index contributed by atoms with van der Waals surface area (Å²) in [5, 5.41) is 17.7. The Balaban J connectivity index is 3.98. The minimum atomic E-state index is -0.745. The maximum Gasteiger partial charge on any atom is 0.303 e. The van der Waals surface area contributed by atoms with Crippen LogP contribution in [0.25, 0.3) is 0 Å². The zero-order valence-corrected chi connectivity index (χ0v) is 10.9. The van der Waals surface area contributed by atoms with E-state index in [-0.39, 0.29) is 23.2 Å². The van der Waals surface area contributed by atoms with Crippen LogP contribution >= 0.6 is 11.8 Å². The fourth-order valence-corrected chi connectivity index (χ4v) is 2.04. The monoisotopic (exact) mass is 234 g/mol. The van der Waals surface area contributed by atoms with Crippen molar-refractivity contribution in [2.75, 3.05) is 12.4 Å². The molecular formula is C11H22O3S. The molecule has 2 N–H and O–H groups in total. The molecule has 0 heterocycles. The Labute approximate surface area is 96.3 Å². The number of thioether (sulfide) groups is 1. The second-order valence-electron chi connectivity index (χ2n) is 5.26. The molecule has 15 heavy (non-hydrogen) atoms. The summed E-state index contributed by atoms with van der Waals surface area (Å²) in [7, 11) is 0. The summed E-state index contributed by atoms with van der Waals surface area (Å²) >= 11 is 1.73. The first-order valence-corrected chi connectivity index (χ1v) is 6.14. The molecule has 0 amide bonds. The molecule has 4 heteroatoms. The van der Waals surface area contributed by atoms with E-state index in [1.165, 1.54) is 0 Å². The van der Waals surface area contributed by atoms with E-state index in [4.69, 9.17) is 10.2 Å². The summed E-state index contributed by atoms with van der Waals surface area (Å²) < 4.78 is -0.0369. The molecule has 0 aliphatic carbocycles. The van der Waals surface area contributed by atoms with E-state index in [0.29, 0.717) is 6.42 Å². The van der Waals surface area contributed by atoms with Crippen LogP contribution in [0.5, 0.6) is 0 Å². The van der Waals surface area contributed by atoms with E-state index in [9.17, 15) is 4.79 Å². The van der Waals surface area contributed by atoms with Crippen molar-refractivity contribution in [3.8, 4) is 0 Å². The van der Waals surface area contributed by atoms with E-state index < -0.39 is 5.97 Å². The van der Waals surface area contributed by atoms with Gasteiger partial charge in [-0.05, 0) is 11.8 Å². The van der Waals surface area contributed by atoms with E-state index >= 15 is 0 Å². The van der Waals surface area contributed by atoms with Crippen LogP contribution in [-0.2, 0) is 4.79 Å². The molecule has 0 spiro atoms. The molecule has 0 aliphatic rings. The molecule has 0 saturated heterocycles. The first kappa shape index (κ1) is 14.8. The molecule has 0 saturated carbocycles. The van der Waals surface area contributed by atoms with Crippen LogP contribution in [0.3, 0.4) is 0 Å². The molecule has 0 rings (SSSR count). The zero-order valence-electron chi connectivity index (χ0n) is 10.0. The molecule has 0 fully saturated rings. The Morgan fingerprint density at radius 2 is 1.80 bits per heavy atom. The van der Waals surface area contributed by atoms with Crippen LogP contribution in [0, 0.1) is 5.41 Å². The largest absolute Gasteiger partial charge is 0.481 e. The maximum absolute atomic E-state index is 10.5. The smallest absolute Gasteiger partial charge is 0.303 e. The molecule has 0 radical (unpaired) electrons. The molecule has 0 bridgehead atoms. The lowest BCUT2D eigenvalue weighted by Gasteiger charge is -2.29. The Bertz CT molecular complexity index is 212. The number of aliphatic carboxylic acids is 1. The number of carbonyl (C=O) groups is 1. The first-order chi connectivity index (χ1) is 6.68. The summed E-state index contributed by atoms with van der Waals surface area (Å²) in [6, 6.07) is 0. The molecule has 0 aromatic carbocycles. The van der Waals surface area contributed by atoms with Gasteiger partial charge in [0.2, 0.25) is 0 Å². The average molecular weight is 234 g/mol. The van der Waals surface area contributed by atoms with E-state index in [0.717, 1.165) is 5.75 Å². The summed E-state index contributed by atoms with van der Waals surface area (Å²) in [6.45, 7) is 8.28. The number of carboxylic acid groups (broad SMARTS) is 1. The zero-order chi connectivity index (χ0) is 12.1. The summed E-state index contributed by atoms with van der Waals surface area (Å²) in [4.78, 5) is 10.5. The molecular weight excluding hydrogens is 212 g/mol. The van der Waals surface area contributed by atoms with Gasteiger partial charge >= 0.3 is 5.97 Å². The second kappa shape index (κ2) is 5.75. The van der Waals surface area contributed by atoms with Crippen molar-refractivity contribution in [1.29, 1.82) is 0 Å². The van der Waals surface area contributed by atoms with E-state index in [2.05, 4.69) is 0 Å². The Morgan fingerprint density at radius 1 is 1.27 bits per heavy atom. The van der Waals surface area contributed by atoms with Crippen LogP contribution in [0.1, 0.15) is 40.5 Å². The third kappa shape index (κ3) is 7.68. The van der Waals surface area contributed by atoms with Gasteiger partial charge < -0.3 is 10.2 Å². The minimum absolute atomic E-state index is 0.0369. The molecule has 3 nitrogen and oxygen atoms in total. The van der Waals surface area contributed by atoms with Crippen molar-refractivity contribution in [2.24, 2.45) is 5.41 Å². The predicted octanol–water partition coefficient (Wildman–Crippen LogP) is 2.38. The Kier molecular flexibility index (Phi) is 5.67. The van der Waals surface area contributed by atoms with Crippen molar-refractivity contribution >= 4 is 17.7 Å². The lowest BCUT2D eigenvalue weighted by Crippen LogP contribution is -2.25. The van der Waals surface area contributed by atoms with Gasteiger partial charge in [0.25, 0.3) is 0 Å². The first-order valence-electron chi connectivity index (χ1n) is 5.15. The minimum Gasteiger partial charge on any atom is -0.481 e. The van der Waals surface area contributed by atoms with Gasteiger partial charge in [0.15, 0.2) is 0 Å². The average Bonchev–Trinajstić information content (AvgIpc) is 2.13. The fraction of sp³-hybridized carbons (Fsp3) is 0.909. The highest BCUT2D eigenvalue weighted by Crippen LogP contribution is 2.34.